The normalized spacial score (nSPS) is 37.6. The molecule has 0 spiro atoms. The molecule has 3 unspecified atom stereocenters. The van der Waals surface area contributed by atoms with Crippen molar-refractivity contribution in [1.82, 2.24) is 15.1 Å². The molecule has 21 heavy (non-hydrogen) atoms. The lowest BCUT2D eigenvalue weighted by atomic mass is 9.85. The zero-order valence-corrected chi connectivity index (χ0v) is 14.4. The summed E-state index contributed by atoms with van der Waals surface area (Å²) in [4.78, 5) is 5.67. The van der Waals surface area contributed by atoms with E-state index < -0.39 is 0 Å². The molecule has 0 aromatic heterocycles. The van der Waals surface area contributed by atoms with Crippen molar-refractivity contribution in [3.8, 4) is 0 Å². The molecule has 3 rings (SSSR count). The second-order valence-corrected chi connectivity index (χ2v) is 7.61. The van der Waals surface area contributed by atoms with E-state index in [1.165, 1.54) is 71.1 Å². The Kier molecular flexibility index (Phi) is 4.92. The van der Waals surface area contributed by atoms with Gasteiger partial charge in [0.05, 0.1) is 0 Å². The van der Waals surface area contributed by atoms with Crippen LogP contribution in [0, 0.1) is 0 Å². The summed E-state index contributed by atoms with van der Waals surface area (Å²) in [5.41, 5.74) is 0.373. The van der Waals surface area contributed by atoms with Gasteiger partial charge in [-0.3, -0.25) is 4.90 Å². The Hall–Kier alpha value is -0.120. The number of piperidine rings is 1. The van der Waals surface area contributed by atoms with Crippen LogP contribution in [-0.2, 0) is 0 Å². The molecule has 3 heterocycles. The minimum atomic E-state index is 0.373. The molecule has 3 atom stereocenters. The average molecular weight is 293 g/mol. The first kappa shape index (κ1) is 15.8. The van der Waals surface area contributed by atoms with Crippen molar-refractivity contribution in [3.05, 3.63) is 0 Å². The van der Waals surface area contributed by atoms with E-state index in [0.717, 1.165) is 18.1 Å². The van der Waals surface area contributed by atoms with Crippen LogP contribution in [-0.4, -0.2) is 59.6 Å². The van der Waals surface area contributed by atoms with Crippen LogP contribution in [0.25, 0.3) is 0 Å². The largest absolute Gasteiger partial charge is 0.308 e. The van der Waals surface area contributed by atoms with Crippen molar-refractivity contribution in [2.75, 3.05) is 26.2 Å². The predicted molar refractivity (Wildman–Crippen MR) is 89.7 cm³/mol. The van der Waals surface area contributed by atoms with Crippen LogP contribution < -0.4 is 5.32 Å². The molecule has 0 bridgehead atoms. The van der Waals surface area contributed by atoms with Gasteiger partial charge in [-0.25, -0.2) is 0 Å². The summed E-state index contributed by atoms with van der Waals surface area (Å²) >= 11 is 0. The molecule has 3 nitrogen and oxygen atoms in total. The SMILES string of the molecule is CCC1CNC(CC)(CC)CN1C1CCN2CCCC2C1. The van der Waals surface area contributed by atoms with Crippen molar-refractivity contribution < 1.29 is 0 Å². The summed E-state index contributed by atoms with van der Waals surface area (Å²) in [5.74, 6) is 0. The van der Waals surface area contributed by atoms with Crippen LogP contribution in [0.15, 0.2) is 0 Å². The van der Waals surface area contributed by atoms with Crippen LogP contribution in [0.1, 0.15) is 65.7 Å². The lowest BCUT2D eigenvalue weighted by Gasteiger charge is -2.52. The molecule has 0 aromatic rings. The van der Waals surface area contributed by atoms with Crippen molar-refractivity contribution in [1.29, 1.82) is 0 Å². The number of hydrogen-bond acceptors (Lipinski definition) is 3. The van der Waals surface area contributed by atoms with E-state index in [4.69, 9.17) is 0 Å². The first-order chi connectivity index (χ1) is 10.2. The van der Waals surface area contributed by atoms with Gasteiger partial charge in [-0.1, -0.05) is 20.8 Å². The number of fused-ring (bicyclic) bond motifs is 1. The smallest absolute Gasteiger partial charge is 0.0304 e. The van der Waals surface area contributed by atoms with E-state index >= 15 is 0 Å². The van der Waals surface area contributed by atoms with E-state index in [1.54, 1.807) is 0 Å². The van der Waals surface area contributed by atoms with Crippen molar-refractivity contribution in [2.24, 2.45) is 0 Å². The number of nitrogens with zero attached hydrogens (tertiary/aromatic N) is 2. The summed E-state index contributed by atoms with van der Waals surface area (Å²) < 4.78 is 0. The number of rotatable bonds is 4. The third-order valence-electron chi connectivity index (χ3n) is 6.75. The van der Waals surface area contributed by atoms with Crippen molar-refractivity contribution >= 4 is 0 Å². The van der Waals surface area contributed by atoms with Gasteiger partial charge in [-0.05, 0) is 58.0 Å². The highest BCUT2D eigenvalue weighted by Crippen LogP contribution is 2.33. The van der Waals surface area contributed by atoms with E-state index in [2.05, 4.69) is 35.9 Å². The van der Waals surface area contributed by atoms with E-state index in [0.29, 0.717) is 5.54 Å². The van der Waals surface area contributed by atoms with Crippen LogP contribution in [0.3, 0.4) is 0 Å². The first-order valence-corrected chi connectivity index (χ1v) is 9.46. The Morgan fingerprint density at radius 2 is 1.86 bits per heavy atom. The van der Waals surface area contributed by atoms with Crippen LogP contribution >= 0.6 is 0 Å². The topological polar surface area (TPSA) is 18.5 Å². The summed E-state index contributed by atoms with van der Waals surface area (Å²) in [6.07, 6.45) is 9.53. The van der Waals surface area contributed by atoms with Crippen molar-refractivity contribution in [2.45, 2.75) is 89.4 Å². The predicted octanol–water partition coefficient (Wildman–Crippen LogP) is 2.86. The highest BCUT2D eigenvalue weighted by Gasteiger charge is 2.42. The molecule has 3 fully saturated rings. The summed E-state index contributed by atoms with van der Waals surface area (Å²) in [6, 6.07) is 2.50. The monoisotopic (exact) mass is 293 g/mol. The van der Waals surface area contributed by atoms with E-state index in [1.807, 2.05) is 0 Å². The van der Waals surface area contributed by atoms with Gasteiger partial charge in [0.15, 0.2) is 0 Å². The fourth-order valence-corrected chi connectivity index (χ4v) is 5.02. The molecule has 122 valence electrons. The van der Waals surface area contributed by atoms with Gasteiger partial charge in [0, 0.05) is 36.8 Å². The second kappa shape index (κ2) is 6.55. The standard InChI is InChI=1S/C18H35N3/c1-4-15-13-19-18(5-2,6-3)14-21(15)17-9-11-20-10-7-8-16(20)12-17/h15-17,19H,4-14H2,1-3H3. The fourth-order valence-electron chi connectivity index (χ4n) is 5.02. The molecule has 3 aliphatic heterocycles. The molecular weight excluding hydrogens is 258 g/mol. The molecule has 3 saturated heterocycles. The molecule has 0 aromatic carbocycles. The maximum atomic E-state index is 3.90. The Bertz CT molecular complexity index is 339. The lowest BCUT2D eigenvalue weighted by molar-refractivity contribution is 0.00136. The van der Waals surface area contributed by atoms with Gasteiger partial charge in [-0.2, -0.15) is 0 Å². The lowest BCUT2D eigenvalue weighted by Crippen LogP contribution is -2.66. The number of nitrogens with one attached hydrogen (secondary N) is 1. The maximum Gasteiger partial charge on any atom is 0.0304 e. The molecule has 0 radical (unpaired) electrons. The van der Waals surface area contributed by atoms with Crippen molar-refractivity contribution in [3.63, 3.8) is 0 Å². The second-order valence-electron chi connectivity index (χ2n) is 7.61. The highest BCUT2D eigenvalue weighted by molar-refractivity contribution is 5.00. The van der Waals surface area contributed by atoms with Gasteiger partial charge in [0.25, 0.3) is 0 Å². The molecule has 1 N–H and O–H groups in total. The molecule has 3 aliphatic rings. The first-order valence-electron chi connectivity index (χ1n) is 9.46. The summed E-state index contributed by atoms with van der Waals surface area (Å²) in [5, 5.41) is 3.90. The third-order valence-corrected chi connectivity index (χ3v) is 6.75. The summed E-state index contributed by atoms with van der Waals surface area (Å²) in [7, 11) is 0. The third kappa shape index (κ3) is 3.02. The number of hydrogen-bond donors (Lipinski definition) is 1. The molecule has 0 aliphatic carbocycles. The van der Waals surface area contributed by atoms with E-state index in [9.17, 15) is 0 Å². The van der Waals surface area contributed by atoms with Crippen LogP contribution in [0.5, 0.6) is 0 Å². The Balaban J connectivity index is 1.70. The quantitative estimate of drug-likeness (QED) is 0.860. The van der Waals surface area contributed by atoms with Gasteiger partial charge >= 0.3 is 0 Å². The minimum absolute atomic E-state index is 0.373. The zero-order valence-electron chi connectivity index (χ0n) is 14.4. The Morgan fingerprint density at radius 1 is 1.05 bits per heavy atom. The van der Waals surface area contributed by atoms with Gasteiger partial charge in [-0.15, -0.1) is 0 Å². The average Bonchev–Trinajstić information content (AvgIpc) is 3.01. The van der Waals surface area contributed by atoms with Gasteiger partial charge in [0.1, 0.15) is 0 Å². The minimum Gasteiger partial charge on any atom is -0.308 e. The Labute approximate surface area is 131 Å². The van der Waals surface area contributed by atoms with Gasteiger partial charge < -0.3 is 10.2 Å². The zero-order chi connectivity index (χ0) is 14.9. The van der Waals surface area contributed by atoms with Crippen LogP contribution in [0.2, 0.25) is 0 Å². The molecule has 0 saturated carbocycles. The van der Waals surface area contributed by atoms with Crippen LogP contribution in [0.4, 0.5) is 0 Å². The maximum absolute atomic E-state index is 3.90. The molecule has 3 heteroatoms. The Morgan fingerprint density at radius 3 is 2.57 bits per heavy atom. The highest BCUT2D eigenvalue weighted by atomic mass is 15.3. The molecular formula is C18H35N3. The van der Waals surface area contributed by atoms with Gasteiger partial charge in [0.2, 0.25) is 0 Å². The summed E-state index contributed by atoms with van der Waals surface area (Å²) in [6.45, 7) is 12.3. The van der Waals surface area contributed by atoms with E-state index in [-0.39, 0.29) is 0 Å². The fraction of sp³-hybridized carbons (Fsp3) is 1.00. The number of piperazine rings is 1. The molecule has 0 amide bonds.